The van der Waals surface area contributed by atoms with Crippen molar-refractivity contribution >= 4 is 39.1 Å². The van der Waals surface area contributed by atoms with E-state index in [1.54, 1.807) is 29.2 Å². The fourth-order valence-corrected chi connectivity index (χ4v) is 4.23. The van der Waals surface area contributed by atoms with Crippen LogP contribution in [0.15, 0.2) is 53.4 Å². The molecule has 0 saturated carbocycles. The van der Waals surface area contributed by atoms with Crippen molar-refractivity contribution in [2.24, 2.45) is 0 Å². The summed E-state index contributed by atoms with van der Waals surface area (Å²) < 4.78 is 31.5. The summed E-state index contributed by atoms with van der Waals surface area (Å²) in [4.78, 5) is 27.0. The minimum atomic E-state index is -3.86. The topological polar surface area (TPSA) is 96.0 Å². The van der Waals surface area contributed by atoms with E-state index in [-0.39, 0.29) is 10.8 Å². The first-order valence-corrected chi connectivity index (χ1v) is 11.1. The van der Waals surface area contributed by atoms with Gasteiger partial charge in [-0.2, -0.15) is 4.31 Å². The molecule has 0 radical (unpaired) electrons. The SMILES string of the molecule is CN(CC(=O)Nc1ccccc1C(=O)N1CCOCC1)S(=O)(=O)c1ccc(Cl)cc1. The van der Waals surface area contributed by atoms with Gasteiger partial charge in [-0.1, -0.05) is 23.7 Å². The summed E-state index contributed by atoms with van der Waals surface area (Å²) in [5.74, 6) is -0.770. The largest absolute Gasteiger partial charge is 0.378 e. The van der Waals surface area contributed by atoms with E-state index in [0.717, 1.165) is 4.31 Å². The van der Waals surface area contributed by atoms with Gasteiger partial charge in [0.1, 0.15) is 0 Å². The highest BCUT2D eigenvalue weighted by Crippen LogP contribution is 2.20. The van der Waals surface area contributed by atoms with Gasteiger partial charge in [0.2, 0.25) is 15.9 Å². The maximum Gasteiger partial charge on any atom is 0.256 e. The number of likely N-dealkylation sites (N-methyl/N-ethyl adjacent to an activating group) is 1. The van der Waals surface area contributed by atoms with Crippen LogP contribution in [0.1, 0.15) is 10.4 Å². The normalized spacial score (nSPS) is 14.6. The second kappa shape index (κ2) is 9.57. The van der Waals surface area contributed by atoms with Gasteiger partial charge in [0, 0.05) is 25.2 Å². The molecule has 1 aliphatic heterocycles. The molecule has 0 atom stereocenters. The van der Waals surface area contributed by atoms with Crippen molar-refractivity contribution in [3.63, 3.8) is 0 Å². The summed E-state index contributed by atoms with van der Waals surface area (Å²) in [6.45, 7) is 1.47. The molecule has 2 aromatic carbocycles. The lowest BCUT2D eigenvalue weighted by Gasteiger charge is -2.27. The van der Waals surface area contributed by atoms with Gasteiger partial charge >= 0.3 is 0 Å². The predicted octanol–water partition coefficient (Wildman–Crippen LogP) is 2.07. The third kappa shape index (κ3) is 5.17. The molecule has 8 nitrogen and oxygen atoms in total. The summed E-state index contributed by atoms with van der Waals surface area (Å²) >= 11 is 5.80. The fraction of sp³-hybridized carbons (Fsp3) is 0.300. The van der Waals surface area contributed by atoms with E-state index in [1.807, 2.05) is 0 Å². The number of para-hydroxylation sites is 1. The molecule has 1 fully saturated rings. The van der Waals surface area contributed by atoms with E-state index < -0.39 is 22.5 Å². The van der Waals surface area contributed by atoms with Crippen molar-refractivity contribution in [3.8, 4) is 0 Å². The molecule has 0 spiro atoms. The van der Waals surface area contributed by atoms with Gasteiger partial charge in [0.25, 0.3) is 5.91 Å². The van der Waals surface area contributed by atoms with Crippen molar-refractivity contribution in [2.75, 3.05) is 45.2 Å². The molecule has 30 heavy (non-hydrogen) atoms. The van der Waals surface area contributed by atoms with Crippen molar-refractivity contribution in [1.29, 1.82) is 0 Å². The van der Waals surface area contributed by atoms with Gasteiger partial charge < -0.3 is 15.0 Å². The van der Waals surface area contributed by atoms with Gasteiger partial charge in [0.15, 0.2) is 0 Å². The number of nitrogens with zero attached hydrogens (tertiary/aromatic N) is 2. The highest BCUT2D eigenvalue weighted by Gasteiger charge is 2.25. The van der Waals surface area contributed by atoms with Crippen LogP contribution in [0.2, 0.25) is 5.02 Å². The summed E-state index contributed by atoms with van der Waals surface area (Å²) in [7, 11) is -2.55. The first-order valence-electron chi connectivity index (χ1n) is 9.27. The van der Waals surface area contributed by atoms with Crippen LogP contribution in [0.3, 0.4) is 0 Å². The van der Waals surface area contributed by atoms with Crippen LogP contribution >= 0.6 is 11.6 Å². The zero-order valence-electron chi connectivity index (χ0n) is 16.4. The quantitative estimate of drug-likeness (QED) is 0.725. The number of morpholine rings is 1. The second-order valence-electron chi connectivity index (χ2n) is 6.71. The summed E-state index contributed by atoms with van der Waals surface area (Å²) in [5, 5.41) is 3.06. The zero-order valence-corrected chi connectivity index (χ0v) is 17.9. The van der Waals surface area contributed by atoms with Crippen LogP contribution in [0.5, 0.6) is 0 Å². The molecule has 2 aromatic rings. The monoisotopic (exact) mass is 451 g/mol. The molecule has 0 bridgehead atoms. The Kier molecular flexibility index (Phi) is 7.09. The number of amides is 2. The minimum Gasteiger partial charge on any atom is -0.378 e. The molecule has 0 aromatic heterocycles. The Hall–Kier alpha value is -2.46. The summed E-state index contributed by atoms with van der Waals surface area (Å²) in [6.07, 6.45) is 0. The van der Waals surface area contributed by atoms with Crippen molar-refractivity contribution in [3.05, 3.63) is 59.1 Å². The standard InChI is InChI=1S/C20H22ClN3O5S/c1-23(30(27,28)16-8-6-15(21)7-9-16)14-19(25)22-18-5-3-2-4-17(18)20(26)24-10-12-29-13-11-24/h2-9H,10-14H2,1H3,(H,22,25). The Morgan fingerprint density at radius 3 is 2.40 bits per heavy atom. The number of sulfonamides is 1. The number of hydrogen-bond acceptors (Lipinski definition) is 5. The Morgan fingerprint density at radius 1 is 1.10 bits per heavy atom. The second-order valence-corrected chi connectivity index (χ2v) is 9.19. The Bertz CT molecular complexity index is 1020. The maximum atomic E-state index is 12.8. The molecule has 160 valence electrons. The fourth-order valence-electron chi connectivity index (χ4n) is 2.98. The Labute approximate surface area is 180 Å². The Balaban J connectivity index is 1.70. The number of benzene rings is 2. The van der Waals surface area contributed by atoms with Crippen LogP contribution in [0, 0.1) is 0 Å². The lowest BCUT2D eigenvalue weighted by atomic mass is 10.1. The van der Waals surface area contributed by atoms with Crippen molar-refractivity contribution in [1.82, 2.24) is 9.21 Å². The third-order valence-corrected chi connectivity index (χ3v) is 6.69. The van der Waals surface area contributed by atoms with Crippen molar-refractivity contribution in [2.45, 2.75) is 4.90 Å². The maximum absolute atomic E-state index is 12.8. The number of anilines is 1. The van der Waals surface area contributed by atoms with Gasteiger partial charge in [0.05, 0.1) is 35.9 Å². The molecule has 1 saturated heterocycles. The van der Waals surface area contributed by atoms with Crippen LogP contribution < -0.4 is 5.32 Å². The number of ether oxygens (including phenoxy) is 1. The van der Waals surface area contributed by atoms with Crippen LogP contribution in [0.25, 0.3) is 0 Å². The molecule has 3 rings (SSSR count). The summed E-state index contributed by atoms with van der Waals surface area (Å²) in [6, 6.07) is 12.3. The van der Waals surface area contributed by atoms with E-state index in [0.29, 0.717) is 42.6 Å². The lowest BCUT2D eigenvalue weighted by Crippen LogP contribution is -2.41. The molecule has 0 aliphatic carbocycles. The molecular weight excluding hydrogens is 430 g/mol. The average Bonchev–Trinajstić information content (AvgIpc) is 2.74. The highest BCUT2D eigenvalue weighted by molar-refractivity contribution is 7.89. The molecule has 1 aliphatic rings. The van der Waals surface area contributed by atoms with E-state index in [1.165, 1.54) is 31.3 Å². The molecule has 10 heteroatoms. The smallest absolute Gasteiger partial charge is 0.256 e. The van der Waals surface area contributed by atoms with Gasteiger partial charge in [-0.3, -0.25) is 9.59 Å². The Morgan fingerprint density at radius 2 is 1.73 bits per heavy atom. The van der Waals surface area contributed by atoms with Crippen LogP contribution in [-0.2, 0) is 19.6 Å². The van der Waals surface area contributed by atoms with E-state index in [4.69, 9.17) is 16.3 Å². The number of hydrogen-bond donors (Lipinski definition) is 1. The van der Waals surface area contributed by atoms with E-state index >= 15 is 0 Å². The third-order valence-electron chi connectivity index (χ3n) is 4.62. The molecule has 2 amide bonds. The van der Waals surface area contributed by atoms with Gasteiger partial charge in [-0.25, -0.2) is 8.42 Å². The molecule has 0 unspecified atom stereocenters. The summed E-state index contributed by atoms with van der Waals surface area (Å²) in [5.41, 5.74) is 0.673. The number of rotatable bonds is 6. The first-order chi connectivity index (χ1) is 14.3. The molecule has 1 heterocycles. The lowest BCUT2D eigenvalue weighted by molar-refractivity contribution is -0.116. The first kappa shape index (κ1) is 22.2. The number of carbonyl (C=O) groups is 2. The van der Waals surface area contributed by atoms with Crippen molar-refractivity contribution < 1.29 is 22.7 Å². The molecular formula is C20H22ClN3O5S. The highest BCUT2D eigenvalue weighted by atomic mass is 35.5. The van der Waals surface area contributed by atoms with Gasteiger partial charge in [-0.05, 0) is 36.4 Å². The number of nitrogens with one attached hydrogen (secondary N) is 1. The number of carbonyl (C=O) groups excluding carboxylic acids is 2. The van der Waals surface area contributed by atoms with Crippen LogP contribution in [0.4, 0.5) is 5.69 Å². The van der Waals surface area contributed by atoms with E-state index in [9.17, 15) is 18.0 Å². The zero-order chi connectivity index (χ0) is 21.7. The average molecular weight is 452 g/mol. The van der Waals surface area contributed by atoms with Gasteiger partial charge in [-0.15, -0.1) is 0 Å². The van der Waals surface area contributed by atoms with Crippen LogP contribution in [-0.4, -0.2) is 69.3 Å². The minimum absolute atomic E-state index is 0.0325. The predicted molar refractivity (Wildman–Crippen MR) is 113 cm³/mol. The van der Waals surface area contributed by atoms with E-state index in [2.05, 4.69) is 5.32 Å². The molecule has 1 N–H and O–H groups in total. The number of halogens is 1.